The normalized spacial score (nSPS) is 10.4. The average Bonchev–Trinajstić information content (AvgIpc) is 2.59. The number of methoxy groups -OCH3 is 1. The number of halogens is 1. The van der Waals surface area contributed by atoms with Crippen molar-refractivity contribution in [1.82, 2.24) is 9.78 Å². The molecule has 0 aliphatic heterocycles. The Balaban J connectivity index is 2.59. The van der Waals surface area contributed by atoms with Crippen LogP contribution >= 0.6 is 11.6 Å². The molecule has 2 rings (SSSR count). The smallest absolute Gasteiger partial charge is 0.146 e. The number of nitrogen functional groups attached to an aromatic ring is 1. The van der Waals surface area contributed by atoms with E-state index in [0.29, 0.717) is 16.6 Å². The van der Waals surface area contributed by atoms with Gasteiger partial charge < -0.3 is 10.5 Å². The summed E-state index contributed by atoms with van der Waals surface area (Å²) < 4.78 is 6.86. The number of hydrogen-bond donors (Lipinski definition) is 1. The quantitative estimate of drug-likeness (QED) is 0.872. The monoisotopic (exact) mass is 237 g/mol. The van der Waals surface area contributed by atoms with E-state index in [1.54, 1.807) is 31.0 Å². The van der Waals surface area contributed by atoms with Gasteiger partial charge in [0.1, 0.15) is 11.6 Å². The van der Waals surface area contributed by atoms with Crippen molar-refractivity contribution >= 4 is 17.4 Å². The van der Waals surface area contributed by atoms with E-state index in [-0.39, 0.29) is 0 Å². The van der Waals surface area contributed by atoms with E-state index in [1.165, 1.54) is 0 Å². The number of ether oxygens (including phenoxy) is 1. The fourth-order valence-electron chi connectivity index (χ4n) is 1.53. The number of aryl methyl sites for hydroxylation is 1. The Kier molecular flexibility index (Phi) is 2.75. The Morgan fingerprint density at radius 3 is 2.75 bits per heavy atom. The minimum atomic E-state index is 0.559. The Labute approximate surface area is 98.6 Å². The molecule has 0 unspecified atom stereocenters. The maximum Gasteiger partial charge on any atom is 0.146 e. The highest BCUT2D eigenvalue weighted by atomic mass is 35.5. The van der Waals surface area contributed by atoms with Crippen LogP contribution in [0.4, 0.5) is 5.82 Å². The minimum absolute atomic E-state index is 0.559. The summed E-state index contributed by atoms with van der Waals surface area (Å²) in [6.45, 7) is 0. The lowest BCUT2D eigenvalue weighted by atomic mass is 10.1. The Hall–Kier alpha value is -1.68. The molecule has 0 saturated carbocycles. The predicted octanol–water partition coefficient (Wildman–Crippen LogP) is 2.33. The molecule has 0 bridgehead atoms. The first-order chi connectivity index (χ1) is 7.63. The van der Waals surface area contributed by atoms with Crippen molar-refractivity contribution in [2.24, 2.45) is 7.05 Å². The van der Waals surface area contributed by atoms with Crippen LogP contribution in [0.5, 0.6) is 5.75 Å². The number of rotatable bonds is 2. The standard InChI is InChI=1S/C11H12ClN3O/c1-15-10(13)6-9(14-15)7-4-3-5-8(12)11(7)16-2/h3-6H,13H2,1-2H3. The van der Waals surface area contributed by atoms with Crippen LogP contribution in [0.3, 0.4) is 0 Å². The molecular formula is C11H12ClN3O. The van der Waals surface area contributed by atoms with Crippen molar-refractivity contribution in [3.63, 3.8) is 0 Å². The van der Waals surface area contributed by atoms with Crippen LogP contribution in [0.2, 0.25) is 5.02 Å². The molecular weight excluding hydrogens is 226 g/mol. The molecule has 0 atom stereocenters. The van der Waals surface area contributed by atoms with Crippen LogP contribution in [0.15, 0.2) is 24.3 Å². The lowest BCUT2D eigenvalue weighted by Crippen LogP contribution is -1.96. The zero-order valence-electron chi connectivity index (χ0n) is 9.07. The molecule has 0 fully saturated rings. The van der Waals surface area contributed by atoms with Gasteiger partial charge in [-0.15, -0.1) is 0 Å². The van der Waals surface area contributed by atoms with E-state index in [0.717, 1.165) is 11.3 Å². The summed E-state index contributed by atoms with van der Waals surface area (Å²) in [5, 5.41) is 4.84. The fourth-order valence-corrected chi connectivity index (χ4v) is 1.78. The Bertz CT molecular complexity index is 502. The largest absolute Gasteiger partial charge is 0.494 e. The molecule has 1 heterocycles. The summed E-state index contributed by atoms with van der Waals surface area (Å²) in [7, 11) is 3.37. The van der Waals surface area contributed by atoms with Crippen LogP contribution in [-0.4, -0.2) is 16.9 Å². The third-order valence-corrected chi connectivity index (χ3v) is 2.66. The predicted molar refractivity (Wildman–Crippen MR) is 64.6 cm³/mol. The molecule has 4 nitrogen and oxygen atoms in total. The van der Waals surface area contributed by atoms with Gasteiger partial charge in [-0.2, -0.15) is 5.10 Å². The fraction of sp³-hybridized carbons (Fsp3) is 0.182. The van der Waals surface area contributed by atoms with Crippen molar-refractivity contribution in [1.29, 1.82) is 0 Å². The van der Waals surface area contributed by atoms with Gasteiger partial charge in [-0.25, -0.2) is 0 Å². The first-order valence-corrected chi connectivity index (χ1v) is 5.13. The molecule has 5 heteroatoms. The van der Waals surface area contributed by atoms with Gasteiger partial charge in [-0.1, -0.05) is 17.7 Å². The van der Waals surface area contributed by atoms with Crippen LogP contribution in [-0.2, 0) is 7.05 Å². The van der Waals surface area contributed by atoms with Gasteiger partial charge in [0, 0.05) is 18.7 Å². The first-order valence-electron chi connectivity index (χ1n) is 4.76. The van der Waals surface area contributed by atoms with E-state index in [4.69, 9.17) is 22.1 Å². The van der Waals surface area contributed by atoms with E-state index >= 15 is 0 Å². The van der Waals surface area contributed by atoms with E-state index in [1.807, 2.05) is 12.1 Å². The summed E-state index contributed by atoms with van der Waals surface area (Å²) in [5.74, 6) is 1.21. The highest BCUT2D eigenvalue weighted by molar-refractivity contribution is 6.32. The van der Waals surface area contributed by atoms with Gasteiger partial charge in [0.15, 0.2) is 0 Å². The molecule has 2 N–H and O–H groups in total. The molecule has 84 valence electrons. The van der Waals surface area contributed by atoms with Crippen LogP contribution in [0.1, 0.15) is 0 Å². The number of hydrogen-bond acceptors (Lipinski definition) is 3. The highest BCUT2D eigenvalue weighted by Crippen LogP contribution is 2.35. The van der Waals surface area contributed by atoms with Crippen LogP contribution in [0, 0.1) is 0 Å². The molecule has 0 spiro atoms. The SMILES string of the molecule is COc1c(Cl)cccc1-c1cc(N)n(C)n1. The summed E-state index contributed by atoms with van der Waals surface area (Å²) in [5.41, 5.74) is 7.32. The molecule has 0 aliphatic carbocycles. The first kappa shape index (κ1) is 10.8. The van der Waals surface area contributed by atoms with E-state index in [9.17, 15) is 0 Å². The maximum atomic E-state index is 6.04. The third kappa shape index (κ3) is 1.72. The minimum Gasteiger partial charge on any atom is -0.494 e. The second kappa shape index (κ2) is 4.06. The molecule has 1 aromatic carbocycles. The summed E-state index contributed by atoms with van der Waals surface area (Å²) >= 11 is 6.04. The number of anilines is 1. The second-order valence-corrected chi connectivity index (χ2v) is 3.81. The van der Waals surface area contributed by atoms with E-state index in [2.05, 4.69) is 5.10 Å². The maximum absolute atomic E-state index is 6.04. The molecule has 0 radical (unpaired) electrons. The second-order valence-electron chi connectivity index (χ2n) is 3.40. The van der Waals surface area contributed by atoms with Gasteiger partial charge in [-0.05, 0) is 12.1 Å². The number of nitrogens with zero attached hydrogens (tertiary/aromatic N) is 2. The molecule has 2 aromatic rings. The zero-order valence-corrected chi connectivity index (χ0v) is 9.82. The van der Waals surface area contributed by atoms with Crippen molar-refractivity contribution in [2.75, 3.05) is 12.8 Å². The number of aromatic nitrogens is 2. The molecule has 0 aliphatic rings. The number of nitrogens with two attached hydrogens (primary N) is 1. The van der Waals surface area contributed by atoms with Crippen molar-refractivity contribution < 1.29 is 4.74 Å². The van der Waals surface area contributed by atoms with Crippen molar-refractivity contribution in [2.45, 2.75) is 0 Å². The van der Waals surface area contributed by atoms with Gasteiger partial charge in [-0.3, -0.25) is 4.68 Å². The lowest BCUT2D eigenvalue weighted by molar-refractivity contribution is 0.416. The topological polar surface area (TPSA) is 53.1 Å². The summed E-state index contributed by atoms with van der Waals surface area (Å²) in [6.07, 6.45) is 0. The molecule has 0 amide bonds. The highest BCUT2D eigenvalue weighted by Gasteiger charge is 2.12. The molecule has 1 aromatic heterocycles. The number of para-hydroxylation sites is 1. The lowest BCUT2D eigenvalue weighted by Gasteiger charge is -2.07. The Morgan fingerprint density at radius 2 is 2.19 bits per heavy atom. The van der Waals surface area contributed by atoms with Gasteiger partial charge >= 0.3 is 0 Å². The molecule has 16 heavy (non-hydrogen) atoms. The number of benzene rings is 1. The molecule has 0 saturated heterocycles. The van der Waals surface area contributed by atoms with Gasteiger partial charge in [0.2, 0.25) is 0 Å². The summed E-state index contributed by atoms with van der Waals surface area (Å²) in [4.78, 5) is 0. The van der Waals surface area contributed by atoms with Crippen LogP contribution in [0.25, 0.3) is 11.3 Å². The third-order valence-electron chi connectivity index (χ3n) is 2.36. The Morgan fingerprint density at radius 1 is 1.44 bits per heavy atom. The van der Waals surface area contributed by atoms with Gasteiger partial charge in [0.05, 0.1) is 17.8 Å². The van der Waals surface area contributed by atoms with Crippen LogP contribution < -0.4 is 10.5 Å². The van der Waals surface area contributed by atoms with Gasteiger partial charge in [0.25, 0.3) is 0 Å². The summed E-state index contributed by atoms with van der Waals surface area (Å²) in [6, 6.07) is 7.31. The van der Waals surface area contributed by atoms with E-state index < -0.39 is 0 Å². The zero-order chi connectivity index (χ0) is 11.7. The van der Waals surface area contributed by atoms with Crippen molar-refractivity contribution in [3.05, 3.63) is 29.3 Å². The van der Waals surface area contributed by atoms with Crippen molar-refractivity contribution in [3.8, 4) is 17.0 Å². The average molecular weight is 238 g/mol.